The molecule has 1 aliphatic heterocycles. The largest absolute Gasteiger partial charge is 0.381 e. The number of aryl methyl sites for hydroxylation is 1. The van der Waals surface area contributed by atoms with Crippen LogP contribution in [0.2, 0.25) is 0 Å². The summed E-state index contributed by atoms with van der Waals surface area (Å²) >= 11 is 0. The average molecular weight is 335 g/mol. The first-order valence-electron chi connectivity index (χ1n) is 8.84. The molecule has 1 aromatic heterocycles. The van der Waals surface area contributed by atoms with Crippen LogP contribution in [0.25, 0.3) is 0 Å². The van der Waals surface area contributed by atoms with Gasteiger partial charge in [0.05, 0.1) is 23.4 Å². The highest BCUT2D eigenvalue weighted by molar-refractivity contribution is 5.93. The highest BCUT2D eigenvalue weighted by atomic mass is 16.5. The van der Waals surface area contributed by atoms with Crippen molar-refractivity contribution in [2.24, 2.45) is 7.05 Å². The van der Waals surface area contributed by atoms with Gasteiger partial charge in [0.25, 0.3) is 5.91 Å². The number of hydrogen-bond acceptors (Lipinski definition) is 4. The fourth-order valence-corrected chi connectivity index (χ4v) is 4.24. The Bertz CT molecular complexity index is 613. The van der Waals surface area contributed by atoms with Gasteiger partial charge in [-0.1, -0.05) is 13.8 Å². The maximum absolute atomic E-state index is 13.2. The molecule has 2 unspecified atom stereocenters. The van der Waals surface area contributed by atoms with Gasteiger partial charge in [-0.3, -0.25) is 9.48 Å². The lowest BCUT2D eigenvalue weighted by molar-refractivity contribution is -0.0894. The molecule has 134 valence electrons. The molecule has 1 aliphatic carbocycles. The molecule has 6 nitrogen and oxygen atoms in total. The van der Waals surface area contributed by atoms with Crippen LogP contribution in [0.4, 0.5) is 0 Å². The molecule has 0 radical (unpaired) electrons. The van der Waals surface area contributed by atoms with Gasteiger partial charge in [0.2, 0.25) is 0 Å². The molecule has 1 aromatic rings. The van der Waals surface area contributed by atoms with Crippen LogP contribution in [0.3, 0.4) is 0 Å². The number of aromatic nitrogens is 2. The number of fused-ring (bicyclic) bond motifs is 1. The van der Waals surface area contributed by atoms with Crippen molar-refractivity contribution in [3.8, 4) is 0 Å². The van der Waals surface area contributed by atoms with Gasteiger partial charge in [0.15, 0.2) is 0 Å². The van der Waals surface area contributed by atoms with Gasteiger partial charge in [-0.15, -0.1) is 0 Å². The van der Waals surface area contributed by atoms with Gasteiger partial charge < -0.3 is 14.4 Å². The van der Waals surface area contributed by atoms with E-state index in [1.165, 1.54) is 0 Å². The first kappa shape index (κ1) is 17.4. The quantitative estimate of drug-likeness (QED) is 0.847. The van der Waals surface area contributed by atoms with E-state index < -0.39 is 0 Å². The van der Waals surface area contributed by atoms with Gasteiger partial charge in [-0.05, 0) is 37.7 Å². The fourth-order valence-electron chi connectivity index (χ4n) is 4.24. The highest BCUT2D eigenvalue weighted by Crippen LogP contribution is 2.43. The van der Waals surface area contributed by atoms with Crippen LogP contribution in [0, 0.1) is 0 Å². The lowest BCUT2D eigenvalue weighted by Gasteiger charge is -2.43. The van der Waals surface area contributed by atoms with Gasteiger partial charge in [0.1, 0.15) is 5.69 Å². The summed E-state index contributed by atoms with van der Waals surface area (Å²) in [4.78, 5) is 15.2. The molecule has 1 amide bonds. The van der Waals surface area contributed by atoms with Crippen LogP contribution in [-0.2, 0) is 16.5 Å². The molecule has 0 aromatic carbocycles. The predicted molar refractivity (Wildman–Crippen MR) is 91.1 cm³/mol. The monoisotopic (exact) mass is 335 g/mol. The molecule has 2 fully saturated rings. The number of rotatable bonds is 4. The maximum Gasteiger partial charge on any atom is 0.272 e. The minimum absolute atomic E-state index is 0.0533. The van der Waals surface area contributed by atoms with Crippen molar-refractivity contribution < 1.29 is 14.3 Å². The zero-order valence-electron chi connectivity index (χ0n) is 15.4. The first-order chi connectivity index (χ1) is 11.4. The minimum Gasteiger partial charge on any atom is -0.381 e. The number of methoxy groups -OCH3 is 2. The summed E-state index contributed by atoms with van der Waals surface area (Å²) in [6.07, 6.45) is 3.87. The SMILES string of the molecule is COC1CC[C@@]2(OC)CCN(C(=O)c3cc(C(C)C)nn3C)C2C1. The second kappa shape index (κ2) is 6.48. The van der Waals surface area contributed by atoms with Crippen molar-refractivity contribution in [3.63, 3.8) is 0 Å². The van der Waals surface area contributed by atoms with Gasteiger partial charge >= 0.3 is 0 Å². The van der Waals surface area contributed by atoms with E-state index in [0.717, 1.165) is 37.9 Å². The van der Waals surface area contributed by atoms with Gasteiger partial charge in [-0.2, -0.15) is 5.10 Å². The second-order valence-corrected chi connectivity index (χ2v) is 7.40. The molecule has 2 heterocycles. The molecule has 24 heavy (non-hydrogen) atoms. The van der Waals surface area contributed by atoms with Crippen molar-refractivity contribution in [3.05, 3.63) is 17.5 Å². The van der Waals surface area contributed by atoms with Crippen LogP contribution >= 0.6 is 0 Å². The Morgan fingerprint density at radius 3 is 2.71 bits per heavy atom. The van der Waals surface area contributed by atoms with Crippen molar-refractivity contribution in [1.29, 1.82) is 0 Å². The fraction of sp³-hybridized carbons (Fsp3) is 0.778. The summed E-state index contributed by atoms with van der Waals surface area (Å²) in [5.74, 6) is 0.361. The average Bonchev–Trinajstić information content (AvgIpc) is 3.15. The number of hydrogen-bond donors (Lipinski definition) is 0. The summed E-state index contributed by atoms with van der Waals surface area (Å²) in [6, 6.07) is 2.00. The van der Waals surface area contributed by atoms with Crippen molar-refractivity contribution in [2.45, 2.75) is 63.2 Å². The third kappa shape index (κ3) is 2.75. The second-order valence-electron chi connectivity index (χ2n) is 7.40. The van der Waals surface area contributed by atoms with Gasteiger partial charge in [-0.25, -0.2) is 0 Å². The molecular formula is C18H29N3O3. The minimum atomic E-state index is -0.218. The lowest BCUT2D eigenvalue weighted by Crippen LogP contribution is -2.53. The van der Waals surface area contributed by atoms with Crippen LogP contribution in [0.15, 0.2) is 6.07 Å². The zero-order valence-corrected chi connectivity index (χ0v) is 15.4. The Labute approximate surface area is 144 Å². The van der Waals surface area contributed by atoms with E-state index >= 15 is 0 Å². The molecule has 0 N–H and O–H groups in total. The normalized spacial score (nSPS) is 30.0. The number of amides is 1. The number of carbonyl (C=O) groups is 1. The van der Waals surface area contributed by atoms with E-state index in [-0.39, 0.29) is 23.7 Å². The van der Waals surface area contributed by atoms with Crippen LogP contribution < -0.4 is 0 Å². The topological polar surface area (TPSA) is 56.6 Å². The molecule has 3 rings (SSSR count). The van der Waals surface area contributed by atoms with Crippen molar-refractivity contribution in [2.75, 3.05) is 20.8 Å². The molecular weight excluding hydrogens is 306 g/mol. The number of ether oxygens (including phenoxy) is 2. The lowest BCUT2D eigenvalue weighted by atomic mass is 9.79. The Balaban J connectivity index is 1.87. The zero-order chi connectivity index (χ0) is 17.5. The van der Waals surface area contributed by atoms with Gasteiger partial charge in [0, 0.05) is 27.8 Å². The first-order valence-corrected chi connectivity index (χ1v) is 8.84. The van der Waals surface area contributed by atoms with Crippen molar-refractivity contribution >= 4 is 5.91 Å². The Morgan fingerprint density at radius 2 is 2.12 bits per heavy atom. The van der Waals surface area contributed by atoms with Crippen LogP contribution in [0.1, 0.15) is 61.6 Å². The molecule has 2 aliphatic rings. The summed E-state index contributed by atoms with van der Waals surface area (Å²) < 4.78 is 13.2. The Morgan fingerprint density at radius 1 is 1.38 bits per heavy atom. The van der Waals surface area contributed by atoms with Crippen LogP contribution in [-0.4, -0.2) is 59.1 Å². The van der Waals surface area contributed by atoms with E-state index in [9.17, 15) is 4.79 Å². The summed E-state index contributed by atoms with van der Waals surface area (Å²) in [5.41, 5.74) is 1.39. The summed E-state index contributed by atoms with van der Waals surface area (Å²) in [5, 5.41) is 4.49. The molecule has 1 saturated heterocycles. The van der Waals surface area contributed by atoms with E-state index in [0.29, 0.717) is 11.6 Å². The Hall–Kier alpha value is -1.40. The summed E-state index contributed by atoms with van der Waals surface area (Å²) in [7, 11) is 5.37. The molecule has 1 saturated carbocycles. The third-order valence-electron chi connectivity index (χ3n) is 5.85. The van der Waals surface area contributed by atoms with E-state index in [1.807, 2.05) is 18.0 Å². The third-order valence-corrected chi connectivity index (χ3v) is 5.85. The smallest absolute Gasteiger partial charge is 0.272 e. The number of carbonyl (C=O) groups excluding carboxylic acids is 1. The molecule has 3 atom stereocenters. The summed E-state index contributed by atoms with van der Waals surface area (Å²) in [6.45, 7) is 4.91. The molecule has 0 spiro atoms. The predicted octanol–water partition coefficient (Wildman–Crippen LogP) is 2.34. The van der Waals surface area contributed by atoms with E-state index in [1.54, 1.807) is 18.9 Å². The molecule has 0 bridgehead atoms. The van der Waals surface area contributed by atoms with Crippen molar-refractivity contribution in [1.82, 2.24) is 14.7 Å². The van der Waals surface area contributed by atoms with E-state index in [2.05, 4.69) is 18.9 Å². The van der Waals surface area contributed by atoms with E-state index in [4.69, 9.17) is 9.47 Å². The van der Waals surface area contributed by atoms with Crippen LogP contribution in [0.5, 0.6) is 0 Å². The highest BCUT2D eigenvalue weighted by Gasteiger charge is 2.53. The number of nitrogens with zero attached hydrogens (tertiary/aromatic N) is 3. The maximum atomic E-state index is 13.2. The molecule has 6 heteroatoms. The number of likely N-dealkylation sites (tertiary alicyclic amines) is 1. The Kier molecular flexibility index (Phi) is 4.71. The standard InChI is InChI=1S/C18H29N3O3/c1-12(2)14-11-15(20(3)19-14)17(22)21-9-8-18(24-5)7-6-13(23-4)10-16(18)21/h11-13,16H,6-10H2,1-5H3/t13?,16?,18-/m1/s1.